The predicted octanol–water partition coefficient (Wildman–Crippen LogP) is 4.82. The maximum absolute atomic E-state index is 13.9. The highest BCUT2D eigenvalue weighted by atomic mass is 32.1. The highest BCUT2D eigenvalue weighted by molar-refractivity contribution is 7.15. The number of halogens is 1. The van der Waals surface area contributed by atoms with E-state index in [1.165, 1.54) is 16.9 Å². The lowest BCUT2D eigenvalue weighted by Gasteiger charge is -2.31. The van der Waals surface area contributed by atoms with E-state index >= 15 is 0 Å². The molecule has 0 radical (unpaired) electrons. The topological polar surface area (TPSA) is 54.0 Å². The summed E-state index contributed by atoms with van der Waals surface area (Å²) in [7, 11) is 0. The van der Waals surface area contributed by atoms with Gasteiger partial charge in [0.15, 0.2) is 0 Å². The summed E-state index contributed by atoms with van der Waals surface area (Å²) >= 11 is 1.47. The number of benzene rings is 1. The molecule has 0 bridgehead atoms. The highest BCUT2D eigenvalue weighted by Gasteiger charge is 2.41. The minimum atomic E-state index is -0.987. The first-order chi connectivity index (χ1) is 12.9. The van der Waals surface area contributed by atoms with E-state index in [1.807, 2.05) is 25.1 Å². The Morgan fingerprint density at radius 1 is 1.33 bits per heavy atom. The number of carbonyl (C=O) groups is 1. The summed E-state index contributed by atoms with van der Waals surface area (Å²) in [6, 6.07) is 8.76. The molecule has 2 aliphatic rings. The van der Waals surface area contributed by atoms with Crippen molar-refractivity contribution in [2.45, 2.75) is 69.6 Å². The fourth-order valence-electron chi connectivity index (χ4n) is 3.95. The Labute approximate surface area is 163 Å². The molecule has 2 fully saturated rings. The summed E-state index contributed by atoms with van der Waals surface area (Å²) in [5.74, 6) is 0.349. The molecular formula is C21H26FN3OS. The van der Waals surface area contributed by atoms with Crippen molar-refractivity contribution in [2.24, 2.45) is 0 Å². The van der Waals surface area contributed by atoms with E-state index in [2.05, 4.69) is 21.7 Å². The summed E-state index contributed by atoms with van der Waals surface area (Å²) in [5, 5.41) is 8.31. The number of hydrogen-bond acceptors (Lipinski definition) is 4. The average Bonchev–Trinajstić information content (AvgIpc) is 3.29. The van der Waals surface area contributed by atoms with Crippen LogP contribution >= 0.6 is 11.3 Å². The molecule has 2 aliphatic carbocycles. The average molecular weight is 388 g/mol. The summed E-state index contributed by atoms with van der Waals surface area (Å²) in [6.45, 7) is 3.63. The van der Waals surface area contributed by atoms with Gasteiger partial charge in [-0.15, -0.1) is 11.3 Å². The summed E-state index contributed by atoms with van der Waals surface area (Å²) in [4.78, 5) is 16.7. The van der Waals surface area contributed by atoms with Crippen LogP contribution in [-0.2, 0) is 0 Å². The molecule has 6 heteroatoms. The first kappa shape index (κ1) is 18.6. The van der Waals surface area contributed by atoms with Gasteiger partial charge in [-0.3, -0.25) is 4.79 Å². The van der Waals surface area contributed by atoms with Gasteiger partial charge in [-0.25, -0.2) is 9.37 Å². The molecule has 0 aliphatic heterocycles. The van der Waals surface area contributed by atoms with Crippen molar-refractivity contribution in [1.82, 2.24) is 10.3 Å². The van der Waals surface area contributed by atoms with E-state index in [9.17, 15) is 9.18 Å². The summed E-state index contributed by atoms with van der Waals surface area (Å²) in [5.41, 5.74) is 0.890. The lowest BCUT2D eigenvalue weighted by atomic mass is 9.85. The highest BCUT2D eigenvalue weighted by Crippen LogP contribution is 2.42. The van der Waals surface area contributed by atoms with Crippen LogP contribution in [0.5, 0.6) is 0 Å². The SMILES string of the molecule is Cc1ncc(NC(=O)c2cccc(C3CC3NC3CCC(C)(F)CC3)c2)s1. The molecule has 1 aromatic carbocycles. The summed E-state index contributed by atoms with van der Waals surface area (Å²) in [6.07, 6.45) is 5.89. The standard InChI is InChI=1S/C21H26FN3OS/c1-13-23-12-19(27-13)25-20(26)15-5-3-4-14(10-15)17-11-18(17)24-16-6-8-21(2,22)9-7-16/h3-5,10,12,16-18,24H,6-9,11H2,1-2H3,(H,25,26). The van der Waals surface area contributed by atoms with Gasteiger partial charge in [0.2, 0.25) is 0 Å². The van der Waals surface area contributed by atoms with E-state index in [0.29, 0.717) is 36.4 Å². The lowest BCUT2D eigenvalue weighted by Crippen LogP contribution is -2.39. The Balaban J connectivity index is 1.34. The smallest absolute Gasteiger partial charge is 0.256 e. The number of amides is 1. The first-order valence-corrected chi connectivity index (χ1v) is 10.5. The van der Waals surface area contributed by atoms with Crippen LogP contribution in [0, 0.1) is 6.92 Å². The van der Waals surface area contributed by atoms with Gasteiger partial charge in [0.25, 0.3) is 5.91 Å². The molecule has 4 rings (SSSR count). The van der Waals surface area contributed by atoms with E-state index in [0.717, 1.165) is 29.3 Å². The number of anilines is 1. The normalized spacial score (nSPS) is 30.1. The quantitative estimate of drug-likeness (QED) is 0.773. The molecular weight excluding hydrogens is 361 g/mol. The molecule has 4 nitrogen and oxygen atoms in total. The number of rotatable bonds is 5. The summed E-state index contributed by atoms with van der Waals surface area (Å²) < 4.78 is 13.9. The van der Waals surface area contributed by atoms with Gasteiger partial charge >= 0.3 is 0 Å². The Morgan fingerprint density at radius 2 is 2.11 bits per heavy atom. The molecule has 2 atom stereocenters. The largest absolute Gasteiger partial charge is 0.312 e. The molecule has 2 unspecified atom stereocenters. The number of aryl methyl sites for hydroxylation is 1. The third kappa shape index (κ3) is 4.55. The first-order valence-electron chi connectivity index (χ1n) is 9.68. The number of hydrogen-bond donors (Lipinski definition) is 2. The van der Waals surface area contributed by atoms with Crippen molar-refractivity contribution in [3.8, 4) is 0 Å². The Kier molecular flexibility index (Phi) is 5.03. The second-order valence-corrected chi connectivity index (χ2v) is 9.36. The Bertz CT molecular complexity index is 824. The number of thiazole rings is 1. The third-order valence-corrected chi connectivity index (χ3v) is 6.53. The van der Waals surface area contributed by atoms with Crippen LogP contribution in [0.4, 0.5) is 9.39 Å². The van der Waals surface area contributed by atoms with Gasteiger partial charge in [-0.05, 0) is 63.6 Å². The number of alkyl halides is 1. The second-order valence-electron chi connectivity index (χ2n) is 8.13. The van der Waals surface area contributed by atoms with E-state index in [4.69, 9.17) is 0 Å². The monoisotopic (exact) mass is 387 g/mol. The van der Waals surface area contributed by atoms with Crippen LogP contribution in [0.3, 0.4) is 0 Å². The van der Waals surface area contributed by atoms with Crippen LogP contribution in [0.15, 0.2) is 30.5 Å². The molecule has 1 heterocycles. The number of carbonyl (C=O) groups excluding carboxylic acids is 1. The molecule has 0 saturated heterocycles. The molecule has 2 saturated carbocycles. The van der Waals surface area contributed by atoms with Gasteiger partial charge in [-0.2, -0.15) is 0 Å². The van der Waals surface area contributed by atoms with Gasteiger partial charge in [0, 0.05) is 23.6 Å². The fourth-order valence-corrected chi connectivity index (χ4v) is 4.62. The molecule has 27 heavy (non-hydrogen) atoms. The fraction of sp³-hybridized carbons (Fsp3) is 0.524. The molecule has 1 aromatic heterocycles. The zero-order valence-electron chi connectivity index (χ0n) is 15.8. The van der Waals surface area contributed by atoms with Crippen LogP contribution in [0.1, 0.15) is 65.9 Å². The van der Waals surface area contributed by atoms with Crippen LogP contribution in [0.2, 0.25) is 0 Å². The van der Waals surface area contributed by atoms with Crippen molar-refractivity contribution in [2.75, 3.05) is 5.32 Å². The van der Waals surface area contributed by atoms with E-state index in [1.54, 1.807) is 13.1 Å². The molecule has 1 amide bonds. The van der Waals surface area contributed by atoms with E-state index < -0.39 is 5.67 Å². The van der Waals surface area contributed by atoms with E-state index in [-0.39, 0.29) is 5.91 Å². The zero-order valence-corrected chi connectivity index (χ0v) is 16.6. The molecule has 144 valence electrons. The Hall–Kier alpha value is -1.79. The Morgan fingerprint density at radius 3 is 2.81 bits per heavy atom. The van der Waals surface area contributed by atoms with Crippen LogP contribution in [-0.4, -0.2) is 28.6 Å². The minimum Gasteiger partial charge on any atom is -0.312 e. The van der Waals surface area contributed by atoms with Gasteiger partial charge in [0.1, 0.15) is 10.7 Å². The number of aromatic nitrogens is 1. The number of nitrogens with zero attached hydrogens (tertiary/aromatic N) is 1. The van der Waals surface area contributed by atoms with Crippen molar-refractivity contribution in [3.63, 3.8) is 0 Å². The maximum Gasteiger partial charge on any atom is 0.256 e. The van der Waals surface area contributed by atoms with Crippen molar-refractivity contribution in [1.29, 1.82) is 0 Å². The van der Waals surface area contributed by atoms with Crippen molar-refractivity contribution in [3.05, 3.63) is 46.6 Å². The molecule has 2 aromatic rings. The molecule has 0 spiro atoms. The van der Waals surface area contributed by atoms with Crippen molar-refractivity contribution < 1.29 is 9.18 Å². The maximum atomic E-state index is 13.9. The van der Waals surface area contributed by atoms with Gasteiger partial charge < -0.3 is 10.6 Å². The second kappa shape index (κ2) is 7.32. The number of nitrogens with one attached hydrogen (secondary N) is 2. The zero-order chi connectivity index (χ0) is 19.0. The van der Waals surface area contributed by atoms with Crippen molar-refractivity contribution >= 4 is 22.2 Å². The van der Waals surface area contributed by atoms with Crippen LogP contribution < -0.4 is 10.6 Å². The predicted molar refractivity (Wildman–Crippen MR) is 107 cm³/mol. The van der Waals surface area contributed by atoms with Gasteiger partial charge in [-0.1, -0.05) is 12.1 Å². The van der Waals surface area contributed by atoms with Crippen LogP contribution in [0.25, 0.3) is 0 Å². The molecule has 2 N–H and O–H groups in total. The lowest BCUT2D eigenvalue weighted by molar-refractivity contribution is 0.102. The minimum absolute atomic E-state index is 0.0971. The third-order valence-electron chi connectivity index (χ3n) is 5.70. The van der Waals surface area contributed by atoms with Gasteiger partial charge in [0.05, 0.1) is 11.2 Å².